The van der Waals surface area contributed by atoms with Crippen molar-refractivity contribution in [3.8, 4) is 0 Å². The predicted molar refractivity (Wildman–Crippen MR) is 172 cm³/mol. The fourth-order valence-corrected chi connectivity index (χ4v) is 7.42. The Balaban J connectivity index is 0.920. The Morgan fingerprint density at radius 2 is 1.68 bits per heavy atom. The Morgan fingerprint density at radius 1 is 0.940 bits per heavy atom. The number of hydrogen-bond acceptors (Lipinski definition) is 8. The first-order valence-corrected chi connectivity index (χ1v) is 16.6. The zero-order valence-electron chi connectivity index (χ0n) is 27.3. The number of amides is 5. The highest BCUT2D eigenvalue weighted by molar-refractivity contribution is 6.23. The van der Waals surface area contributed by atoms with Gasteiger partial charge in [-0.1, -0.05) is 0 Å². The maximum Gasteiger partial charge on any atom is 0.416 e. The average Bonchev–Trinajstić information content (AvgIpc) is 3.61. The normalized spacial score (nSPS) is 21.3. The van der Waals surface area contributed by atoms with Gasteiger partial charge in [0.05, 0.1) is 28.6 Å². The van der Waals surface area contributed by atoms with Crippen LogP contribution in [0, 0.1) is 0 Å². The van der Waals surface area contributed by atoms with Gasteiger partial charge in [-0.15, -0.1) is 0 Å². The third-order valence-electron chi connectivity index (χ3n) is 10.6. The van der Waals surface area contributed by atoms with Crippen LogP contribution in [0.15, 0.2) is 42.6 Å². The van der Waals surface area contributed by atoms with Gasteiger partial charge in [0.25, 0.3) is 17.7 Å². The van der Waals surface area contributed by atoms with E-state index in [0.717, 1.165) is 46.8 Å². The lowest BCUT2D eigenvalue weighted by molar-refractivity contribution is -0.138. The molecule has 3 aromatic rings. The molecular weight excluding hydrogens is 655 g/mol. The molecule has 4 aliphatic heterocycles. The standard InChI is InChI=1S/C35H34F3N7O5/c1-34(2,33(50)40-26-8-5-20(35(36,37)38)11-24(26)18-3-4-18)45-28-17-42(14-19(28)13-39-45)22-15-43(16-22)21-6-7-23-25(12-21)32(49)44(31(23)48)27-9-10-29(46)41-30(27)47/h5-8,11-13,18,22,27H,3-4,9-10,14-17H2,1-2H3,(H,40,50)(H,41,46,47). The number of halogens is 3. The number of fused-ring (bicyclic) bond motifs is 2. The van der Waals surface area contributed by atoms with Gasteiger partial charge in [-0.2, -0.15) is 18.3 Å². The second kappa shape index (κ2) is 11.2. The smallest absolute Gasteiger partial charge is 0.368 e. The third kappa shape index (κ3) is 5.25. The SMILES string of the molecule is CC(C)(C(=O)Nc1ccc(C(F)(F)F)cc1C1CC1)n1ncc2c1CN(C1CN(c3ccc4c(c3)C(=O)N(C3CCC(=O)NC3=O)C4=O)C1)C2. The maximum atomic E-state index is 13.7. The van der Waals surface area contributed by atoms with Gasteiger partial charge < -0.3 is 10.2 Å². The van der Waals surface area contributed by atoms with Gasteiger partial charge in [0.15, 0.2) is 0 Å². The molecule has 1 aliphatic carbocycles. The highest BCUT2D eigenvalue weighted by atomic mass is 19.4. The summed E-state index contributed by atoms with van der Waals surface area (Å²) in [4.78, 5) is 69.3. The number of carbonyl (C=O) groups is 5. The molecule has 1 saturated carbocycles. The van der Waals surface area contributed by atoms with Crippen LogP contribution in [0.25, 0.3) is 0 Å². The number of nitrogens with zero attached hydrogens (tertiary/aromatic N) is 5. The topological polar surface area (TPSA) is 137 Å². The molecular formula is C35H34F3N7O5. The maximum absolute atomic E-state index is 13.7. The molecule has 2 N–H and O–H groups in total. The Bertz CT molecular complexity index is 2000. The Morgan fingerprint density at radius 3 is 2.38 bits per heavy atom. The number of piperidine rings is 1. The molecule has 50 heavy (non-hydrogen) atoms. The third-order valence-corrected chi connectivity index (χ3v) is 10.6. The van der Waals surface area contributed by atoms with Crippen molar-refractivity contribution >= 4 is 40.9 Å². The highest BCUT2D eigenvalue weighted by Gasteiger charge is 2.46. The second-order valence-corrected chi connectivity index (χ2v) is 14.3. The van der Waals surface area contributed by atoms with E-state index in [1.54, 1.807) is 42.9 Å². The monoisotopic (exact) mass is 689 g/mol. The van der Waals surface area contributed by atoms with Crippen molar-refractivity contribution in [3.63, 3.8) is 0 Å². The number of benzene rings is 2. The number of imide groups is 2. The Labute approximate surface area is 284 Å². The molecule has 1 unspecified atom stereocenters. The van der Waals surface area contributed by atoms with Gasteiger partial charge in [-0.25, -0.2) is 0 Å². The summed E-state index contributed by atoms with van der Waals surface area (Å²) in [6.07, 6.45) is -1.01. The van der Waals surface area contributed by atoms with Crippen molar-refractivity contribution in [3.05, 3.63) is 76.1 Å². The summed E-state index contributed by atoms with van der Waals surface area (Å²) >= 11 is 0. The highest BCUT2D eigenvalue weighted by Crippen LogP contribution is 2.46. The molecule has 260 valence electrons. The molecule has 12 nitrogen and oxygen atoms in total. The quantitative estimate of drug-likeness (QED) is 0.358. The average molecular weight is 690 g/mol. The van der Waals surface area contributed by atoms with Gasteiger partial charge in [0, 0.05) is 55.6 Å². The zero-order chi connectivity index (χ0) is 35.3. The zero-order valence-corrected chi connectivity index (χ0v) is 27.3. The van der Waals surface area contributed by atoms with Crippen LogP contribution in [0.1, 0.15) is 88.5 Å². The van der Waals surface area contributed by atoms with Gasteiger partial charge >= 0.3 is 6.18 Å². The van der Waals surface area contributed by atoms with Gasteiger partial charge in [-0.3, -0.25) is 43.8 Å². The Kier molecular flexibility index (Phi) is 7.23. The fraction of sp³-hybridized carbons (Fsp3) is 0.429. The molecule has 5 heterocycles. The molecule has 3 fully saturated rings. The lowest BCUT2D eigenvalue weighted by Gasteiger charge is -2.45. The molecule has 5 aliphatic rings. The summed E-state index contributed by atoms with van der Waals surface area (Å²) in [5.41, 5.74) is 2.16. The lowest BCUT2D eigenvalue weighted by Crippen LogP contribution is -2.58. The van der Waals surface area contributed by atoms with E-state index in [-0.39, 0.29) is 41.8 Å². The number of alkyl halides is 3. The molecule has 2 saturated heterocycles. The van der Waals surface area contributed by atoms with Crippen molar-refractivity contribution in [2.24, 2.45) is 0 Å². The van der Waals surface area contributed by atoms with Crippen LogP contribution in [-0.2, 0) is 39.2 Å². The summed E-state index contributed by atoms with van der Waals surface area (Å²) in [6.45, 7) is 6.00. The lowest BCUT2D eigenvalue weighted by atomic mass is 10.0. The van der Waals surface area contributed by atoms with Crippen LogP contribution in [0.5, 0.6) is 0 Å². The molecule has 1 aromatic heterocycles. The molecule has 8 rings (SSSR count). The van der Waals surface area contributed by atoms with E-state index in [4.69, 9.17) is 0 Å². The number of carbonyl (C=O) groups excluding carboxylic acids is 5. The number of anilines is 2. The summed E-state index contributed by atoms with van der Waals surface area (Å²) in [5.74, 6) is -2.56. The molecule has 2 aromatic carbocycles. The number of nitrogens with one attached hydrogen (secondary N) is 2. The molecule has 1 atom stereocenters. The molecule has 0 radical (unpaired) electrons. The summed E-state index contributed by atoms with van der Waals surface area (Å²) < 4.78 is 41.9. The molecule has 0 spiro atoms. The number of aromatic nitrogens is 2. The molecule has 15 heteroatoms. The van der Waals surface area contributed by atoms with Gasteiger partial charge in [-0.05, 0) is 81.0 Å². The van der Waals surface area contributed by atoms with E-state index in [1.165, 1.54) is 6.07 Å². The van der Waals surface area contributed by atoms with Gasteiger partial charge in [0.2, 0.25) is 11.8 Å². The molecule has 5 amide bonds. The summed E-state index contributed by atoms with van der Waals surface area (Å²) in [6, 6.07) is 7.70. The Hall–Kier alpha value is -5.05. The first-order chi connectivity index (χ1) is 23.7. The number of rotatable bonds is 7. The van der Waals surface area contributed by atoms with E-state index < -0.39 is 46.9 Å². The first kappa shape index (κ1) is 32.2. The summed E-state index contributed by atoms with van der Waals surface area (Å²) in [7, 11) is 0. The van der Waals surface area contributed by atoms with Crippen LogP contribution in [-0.4, -0.2) is 74.3 Å². The van der Waals surface area contributed by atoms with E-state index in [9.17, 15) is 37.1 Å². The fourth-order valence-electron chi connectivity index (χ4n) is 7.42. The van der Waals surface area contributed by atoms with E-state index in [0.29, 0.717) is 37.4 Å². The van der Waals surface area contributed by atoms with Crippen molar-refractivity contribution in [1.29, 1.82) is 0 Å². The minimum Gasteiger partial charge on any atom is -0.368 e. The van der Waals surface area contributed by atoms with Crippen LogP contribution in [0.4, 0.5) is 24.5 Å². The van der Waals surface area contributed by atoms with Crippen LogP contribution in [0.2, 0.25) is 0 Å². The van der Waals surface area contributed by atoms with Crippen LogP contribution >= 0.6 is 0 Å². The van der Waals surface area contributed by atoms with Crippen molar-refractivity contribution in [2.75, 3.05) is 23.3 Å². The second-order valence-electron chi connectivity index (χ2n) is 14.3. The van der Waals surface area contributed by atoms with Crippen molar-refractivity contribution in [2.45, 2.75) is 82.3 Å². The van der Waals surface area contributed by atoms with E-state index >= 15 is 0 Å². The molecule has 0 bridgehead atoms. The van der Waals surface area contributed by atoms with Crippen molar-refractivity contribution in [1.82, 2.24) is 24.9 Å². The number of hydrogen-bond donors (Lipinski definition) is 2. The van der Waals surface area contributed by atoms with Gasteiger partial charge in [0.1, 0.15) is 11.6 Å². The van der Waals surface area contributed by atoms with Crippen molar-refractivity contribution < 1.29 is 37.1 Å². The van der Waals surface area contributed by atoms with E-state index in [1.807, 2.05) is 0 Å². The van der Waals surface area contributed by atoms with Crippen LogP contribution < -0.4 is 15.5 Å². The van der Waals surface area contributed by atoms with E-state index in [2.05, 4.69) is 25.5 Å². The minimum absolute atomic E-state index is 0.00688. The first-order valence-electron chi connectivity index (χ1n) is 16.6. The minimum atomic E-state index is -4.47. The predicted octanol–water partition coefficient (Wildman–Crippen LogP) is 3.76. The largest absolute Gasteiger partial charge is 0.416 e. The van der Waals surface area contributed by atoms with Crippen LogP contribution in [0.3, 0.4) is 0 Å². The summed E-state index contributed by atoms with van der Waals surface area (Å²) in [5, 5.41) is 9.64.